The third-order valence-corrected chi connectivity index (χ3v) is 5.39. The largest absolute Gasteiger partial charge is 0.312 e. The first-order valence-electron chi connectivity index (χ1n) is 5.96. The van der Waals surface area contributed by atoms with E-state index in [0.29, 0.717) is 12.5 Å². The zero-order chi connectivity index (χ0) is 12.4. The van der Waals surface area contributed by atoms with Gasteiger partial charge in [-0.05, 0) is 46.1 Å². The van der Waals surface area contributed by atoms with Crippen molar-refractivity contribution in [3.05, 3.63) is 0 Å². The summed E-state index contributed by atoms with van der Waals surface area (Å²) in [7, 11) is -3.21. The van der Waals surface area contributed by atoms with Gasteiger partial charge in [0.15, 0.2) is 0 Å². The van der Waals surface area contributed by atoms with Gasteiger partial charge in [-0.25, -0.2) is 13.1 Å². The van der Waals surface area contributed by atoms with E-state index in [0.717, 1.165) is 6.54 Å². The van der Waals surface area contributed by atoms with Crippen molar-refractivity contribution in [2.45, 2.75) is 51.3 Å². The van der Waals surface area contributed by atoms with Gasteiger partial charge < -0.3 is 5.32 Å². The Morgan fingerprint density at radius 2 is 2.00 bits per heavy atom. The van der Waals surface area contributed by atoms with Crippen molar-refractivity contribution in [2.24, 2.45) is 5.92 Å². The second kappa shape index (κ2) is 5.02. The molecule has 1 saturated heterocycles. The Balaban J connectivity index is 2.51. The molecule has 1 fully saturated rings. The van der Waals surface area contributed by atoms with E-state index >= 15 is 0 Å². The molecular formula is C11H24N2O2S. The number of sulfonamides is 1. The van der Waals surface area contributed by atoms with Crippen LogP contribution in [0.5, 0.6) is 0 Å². The minimum absolute atomic E-state index is 0.269. The Morgan fingerprint density at radius 1 is 1.38 bits per heavy atom. The van der Waals surface area contributed by atoms with Crippen molar-refractivity contribution in [2.75, 3.05) is 13.1 Å². The minimum Gasteiger partial charge on any atom is -0.312 e. The fraction of sp³-hybridized carbons (Fsp3) is 1.00. The fourth-order valence-electron chi connectivity index (χ4n) is 1.80. The van der Waals surface area contributed by atoms with E-state index in [2.05, 4.69) is 17.0 Å². The second-order valence-electron chi connectivity index (χ2n) is 5.64. The van der Waals surface area contributed by atoms with Gasteiger partial charge in [0.25, 0.3) is 0 Å². The first kappa shape index (κ1) is 13.9. The third kappa shape index (κ3) is 3.43. The molecular weight excluding hydrogens is 224 g/mol. The normalized spacial score (nSPS) is 28.0. The van der Waals surface area contributed by atoms with E-state index in [-0.39, 0.29) is 6.04 Å². The summed E-state index contributed by atoms with van der Waals surface area (Å²) in [5.74, 6) is 0.538. The minimum atomic E-state index is -3.21. The first-order valence-corrected chi connectivity index (χ1v) is 7.45. The monoisotopic (exact) mass is 248 g/mol. The zero-order valence-corrected chi connectivity index (χ0v) is 11.5. The molecule has 1 aliphatic rings. The number of hydrogen-bond acceptors (Lipinski definition) is 3. The third-order valence-electron chi connectivity index (χ3n) is 3.23. The van der Waals surface area contributed by atoms with Gasteiger partial charge in [-0.1, -0.05) is 6.92 Å². The summed E-state index contributed by atoms with van der Waals surface area (Å²) in [6.45, 7) is 8.81. The van der Waals surface area contributed by atoms with Crippen LogP contribution in [0, 0.1) is 5.92 Å². The van der Waals surface area contributed by atoms with Gasteiger partial charge in [-0.15, -0.1) is 0 Å². The van der Waals surface area contributed by atoms with Crippen LogP contribution >= 0.6 is 0 Å². The number of rotatable bonds is 3. The highest BCUT2D eigenvalue weighted by molar-refractivity contribution is 7.90. The Bertz CT molecular complexity index is 319. The van der Waals surface area contributed by atoms with Crippen molar-refractivity contribution in [3.63, 3.8) is 0 Å². The molecule has 2 atom stereocenters. The molecule has 0 saturated carbocycles. The van der Waals surface area contributed by atoms with Crippen LogP contribution in [0.2, 0.25) is 0 Å². The summed E-state index contributed by atoms with van der Waals surface area (Å²) in [5.41, 5.74) is 0. The maximum Gasteiger partial charge on any atom is 0.216 e. The topological polar surface area (TPSA) is 58.2 Å². The van der Waals surface area contributed by atoms with Crippen LogP contribution in [0.15, 0.2) is 0 Å². The van der Waals surface area contributed by atoms with Gasteiger partial charge in [0.2, 0.25) is 10.0 Å². The Morgan fingerprint density at radius 3 is 2.50 bits per heavy atom. The van der Waals surface area contributed by atoms with E-state index < -0.39 is 14.8 Å². The molecule has 0 radical (unpaired) electrons. The molecule has 2 unspecified atom stereocenters. The molecule has 1 rings (SSSR count). The second-order valence-corrected chi connectivity index (χ2v) is 8.16. The average Bonchev–Trinajstić information content (AvgIpc) is 2.15. The summed E-state index contributed by atoms with van der Waals surface area (Å²) >= 11 is 0. The molecule has 2 N–H and O–H groups in total. The van der Waals surface area contributed by atoms with E-state index in [4.69, 9.17) is 0 Å². The summed E-state index contributed by atoms with van der Waals surface area (Å²) in [6, 6.07) is 0.269. The molecule has 0 spiro atoms. The van der Waals surface area contributed by atoms with E-state index in [1.165, 1.54) is 12.8 Å². The van der Waals surface area contributed by atoms with Crippen molar-refractivity contribution in [1.82, 2.24) is 10.0 Å². The van der Waals surface area contributed by atoms with Crippen molar-refractivity contribution in [3.8, 4) is 0 Å². The molecule has 0 aromatic heterocycles. The lowest BCUT2D eigenvalue weighted by Gasteiger charge is -2.31. The molecule has 0 aromatic rings. The molecule has 1 heterocycles. The Hall–Kier alpha value is -0.130. The molecule has 5 heteroatoms. The summed E-state index contributed by atoms with van der Waals surface area (Å²) in [6.07, 6.45) is 2.36. The molecule has 0 aromatic carbocycles. The smallest absolute Gasteiger partial charge is 0.216 e. The quantitative estimate of drug-likeness (QED) is 0.786. The highest BCUT2D eigenvalue weighted by atomic mass is 32.2. The summed E-state index contributed by atoms with van der Waals surface area (Å²) in [4.78, 5) is 0. The summed E-state index contributed by atoms with van der Waals surface area (Å²) < 4.78 is 25.7. The Kier molecular flexibility index (Phi) is 4.37. The van der Waals surface area contributed by atoms with Crippen LogP contribution in [0.1, 0.15) is 40.5 Å². The maximum absolute atomic E-state index is 11.9. The van der Waals surface area contributed by atoms with Crippen LogP contribution in [0.25, 0.3) is 0 Å². The van der Waals surface area contributed by atoms with Crippen LogP contribution in [0.4, 0.5) is 0 Å². The molecule has 0 aliphatic carbocycles. The SMILES string of the molecule is CC1CCCNC1CNS(=O)(=O)C(C)(C)C. The van der Waals surface area contributed by atoms with Crippen molar-refractivity contribution < 1.29 is 8.42 Å². The van der Waals surface area contributed by atoms with Gasteiger partial charge in [0.05, 0.1) is 4.75 Å². The van der Waals surface area contributed by atoms with Crippen LogP contribution < -0.4 is 10.0 Å². The zero-order valence-electron chi connectivity index (χ0n) is 10.7. The highest BCUT2D eigenvalue weighted by Gasteiger charge is 2.30. The van der Waals surface area contributed by atoms with Gasteiger partial charge in [0.1, 0.15) is 0 Å². The number of hydrogen-bond donors (Lipinski definition) is 2. The fourth-order valence-corrected chi connectivity index (χ4v) is 2.64. The molecule has 16 heavy (non-hydrogen) atoms. The number of piperidine rings is 1. The standard InChI is InChI=1S/C11H24N2O2S/c1-9-6-5-7-12-10(9)8-13-16(14,15)11(2,3)4/h9-10,12-13H,5-8H2,1-4H3. The van der Waals surface area contributed by atoms with Gasteiger partial charge >= 0.3 is 0 Å². The van der Waals surface area contributed by atoms with Gasteiger partial charge in [0, 0.05) is 12.6 Å². The Labute approximate surface area is 99.2 Å². The van der Waals surface area contributed by atoms with E-state index in [1.807, 2.05) is 0 Å². The molecule has 4 nitrogen and oxygen atoms in total. The van der Waals surface area contributed by atoms with Gasteiger partial charge in [-0.3, -0.25) is 0 Å². The van der Waals surface area contributed by atoms with Gasteiger partial charge in [-0.2, -0.15) is 0 Å². The summed E-state index contributed by atoms with van der Waals surface area (Å²) in [5, 5.41) is 3.37. The lowest BCUT2D eigenvalue weighted by atomic mass is 9.93. The lowest BCUT2D eigenvalue weighted by Crippen LogP contribution is -2.50. The average molecular weight is 248 g/mol. The van der Waals surface area contributed by atoms with E-state index in [9.17, 15) is 8.42 Å². The molecule has 1 aliphatic heterocycles. The first-order chi connectivity index (χ1) is 7.24. The van der Waals surface area contributed by atoms with Crippen molar-refractivity contribution in [1.29, 1.82) is 0 Å². The molecule has 96 valence electrons. The molecule has 0 amide bonds. The predicted octanol–water partition coefficient (Wildman–Crippen LogP) is 1.09. The van der Waals surface area contributed by atoms with E-state index in [1.54, 1.807) is 20.8 Å². The molecule has 0 bridgehead atoms. The van der Waals surface area contributed by atoms with Crippen molar-refractivity contribution >= 4 is 10.0 Å². The maximum atomic E-state index is 11.9. The predicted molar refractivity (Wildman–Crippen MR) is 66.9 cm³/mol. The van der Waals surface area contributed by atoms with Crippen LogP contribution in [-0.2, 0) is 10.0 Å². The number of nitrogens with one attached hydrogen (secondary N) is 2. The highest BCUT2D eigenvalue weighted by Crippen LogP contribution is 2.17. The lowest BCUT2D eigenvalue weighted by molar-refractivity contribution is 0.299. The van der Waals surface area contributed by atoms with Crippen LogP contribution in [0.3, 0.4) is 0 Å². The van der Waals surface area contributed by atoms with Crippen LogP contribution in [-0.4, -0.2) is 32.3 Å².